The van der Waals surface area contributed by atoms with Gasteiger partial charge in [-0.05, 0) is 69.0 Å². The summed E-state index contributed by atoms with van der Waals surface area (Å²) in [5.74, 6) is 1.45. The largest absolute Gasteiger partial charge is 0.378 e. The molecule has 0 bridgehead atoms. The molecule has 1 heterocycles. The van der Waals surface area contributed by atoms with E-state index in [4.69, 9.17) is 11.5 Å². The van der Waals surface area contributed by atoms with E-state index in [0.29, 0.717) is 17.8 Å². The predicted molar refractivity (Wildman–Crippen MR) is 115 cm³/mol. The number of nitrogens with two attached hydrogens (primary N) is 2. The highest BCUT2D eigenvalue weighted by Crippen LogP contribution is 2.34. The van der Waals surface area contributed by atoms with E-state index in [1.165, 1.54) is 17.3 Å². The molecule has 0 amide bonds. The van der Waals surface area contributed by atoms with Crippen LogP contribution in [-0.4, -0.2) is 28.0 Å². The summed E-state index contributed by atoms with van der Waals surface area (Å²) < 4.78 is 0. The fraction of sp³-hybridized carbons (Fsp3) is 0.524. The molecule has 1 fully saturated rings. The fourth-order valence-electron chi connectivity index (χ4n) is 4.22. The molecule has 0 saturated heterocycles. The van der Waals surface area contributed by atoms with Crippen LogP contribution in [0.2, 0.25) is 0 Å². The normalized spacial score (nSPS) is 20.2. The lowest BCUT2D eigenvalue weighted by atomic mass is 9.81. The Kier molecular flexibility index (Phi) is 6.64. The highest BCUT2D eigenvalue weighted by Gasteiger charge is 2.28. The number of nitro groups is 1. The highest BCUT2D eigenvalue weighted by atomic mass is 16.6. The second-order valence-corrected chi connectivity index (χ2v) is 8.00. The van der Waals surface area contributed by atoms with Crippen LogP contribution >= 0.6 is 0 Å². The first-order chi connectivity index (χ1) is 13.9. The Balaban J connectivity index is 1.90. The van der Waals surface area contributed by atoms with Gasteiger partial charge in [-0.15, -0.1) is 0 Å². The molecule has 1 unspecified atom stereocenters. The van der Waals surface area contributed by atoms with Crippen molar-refractivity contribution >= 4 is 17.5 Å². The Labute approximate surface area is 171 Å². The fourth-order valence-corrected chi connectivity index (χ4v) is 4.22. The van der Waals surface area contributed by atoms with E-state index in [9.17, 15) is 10.1 Å². The van der Waals surface area contributed by atoms with Crippen molar-refractivity contribution in [2.45, 2.75) is 45.6 Å². The highest BCUT2D eigenvalue weighted by molar-refractivity contribution is 5.54. The molecular weight excluding hydrogens is 368 g/mol. The van der Waals surface area contributed by atoms with Crippen LogP contribution < -0.4 is 16.4 Å². The van der Waals surface area contributed by atoms with E-state index in [1.54, 1.807) is 0 Å². The number of anilines is 2. The third kappa shape index (κ3) is 4.82. The van der Waals surface area contributed by atoms with Gasteiger partial charge in [0.05, 0.1) is 11.0 Å². The van der Waals surface area contributed by atoms with Gasteiger partial charge in [0.2, 0.25) is 11.8 Å². The molecular formula is C21H30N6O2. The summed E-state index contributed by atoms with van der Waals surface area (Å²) in [6, 6.07) is 8.25. The van der Waals surface area contributed by atoms with Gasteiger partial charge in [0.25, 0.3) is 0 Å². The molecule has 3 rings (SSSR count). The number of hydrogen-bond acceptors (Lipinski definition) is 7. The maximum absolute atomic E-state index is 11.1. The van der Waals surface area contributed by atoms with Gasteiger partial charge in [-0.2, -0.15) is 4.98 Å². The minimum Gasteiger partial charge on any atom is -0.378 e. The smallest absolute Gasteiger partial charge is 0.329 e. The number of benzene rings is 1. The van der Waals surface area contributed by atoms with Crippen molar-refractivity contribution in [3.63, 3.8) is 0 Å². The van der Waals surface area contributed by atoms with Crippen molar-refractivity contribution in [1.82, 2.24) is 9.97 Å². The number of aromatic nitrogens is 2. The molecule has 0 aliphatic heterocycles. The Morgan fingerprint density at radius 2 is 1.90 bits per heavy atom. The topological polar surface area (TPSA) is 124 Å². The second kappa shape index (κ2) is 9.17. The lowest BCUT2D eigenvalue weighted by Gasteiger charge is -2.36. The van der Waals surface area contributed by atoms with Crippen LogP contribution in [0.4, 0.5) is 17.5 Å². The lowest BCUT2D eigenvalue weighted by molar-refractivity contribution is -0.384. The van der Waals surface area contributed by atoms with Crippen molar-refractivity contribution < 1.29 is 4.92 Å². The zero-order valence-corrected chi connectivity index (χ0v) is 17.1. The molecule has 8 heteroatoms. The Morgan fingerprint density at radius 3 is 2.48 bits per heavy atom. The predicted octanol–water partition coefficient (Wildman–Crippen LogP) is 3.61. The van der Waals surface area contributed by atoms with E-state index in [2.05, 4.69) is 40.8 Å². The van der Waals surface area contributed by atoms with Gasteiger partial charge in [0, 0.05) is 6.54 Å². The summed E-state index contributed by atoms with van der Waals surface area (Å²) in [4.78, 5) is 21.3. The molecule has 1 aromatic carbocycles. The minimum atomic E-state index is -0.553. The second-order valence-electron chi connectivity index (χ2n) is 8.00. The molecule has 1 aliphatic rings. The first kappa shape index (κ1) is 21.0. The summed E-state index contributed by atoms with van der Waals surface area (Å²) in [5, 5.41) is 11.1. The summed E-state index contributed by atoms with van der Waals surface area (Å²) in [7, 11) is 0. The van der Waals surface area contributed by atoms with Gasteiger partial charge in [-0.25, -0.2) is 4.98 Å². The Hall–Kier alpha value is -2.74. The number of nitrogens with zero attached hydrogens (tertiary/aromatic N) is 4. The van der Waals surface area contributed by atoms with Crippen molar-refractivity contribution in [2.24, 2.45) is 17.6 Å². The number of nitrogen functional groups attached to an aromatic ring is 1. The summed E-state index contributed by atoms with van der Waals surface area (Å²) in [5.41, 5.74) is 13.8. The Bertz CT molecular complexity index is 851. The van der Waals surface area contributed by atoms with Crippen LogP contribution in [0, 0.1) is 28.9 Å². The molecule has 8 nitrogen and oxygen atoms in total. The van der Waals surface area contributed by atoms with E-state index < -0.39 is 4.92 Å². The van der Waals surface area contributed by atoms with Gasteiger partial charge in [-0.1, -0.05) is 24.3 Å². The van der Waals surface area contributed by atoms with E-state index in [1.807, 2.05) is 12.1 Å². The first-order valence-corrected chi connectivity index (χ1v) is 10.2. The van der Waals surface area contributed by atoms with Crippen molar-refractivity contribution in [3.8, 4) is 0 Å². The molecule has 0 spiro atoms. The number of aryl methyl sites for hydroxylation is 1. The van der Waals surface area contributed by atoms with Crippen LogP contribution in [0.3, 0.4) is 0 Å². The van der Waals surface area contributed by atoms with E-state index >= 15 is 0 Å². The lowest BCUT2D eigenvalue weighted by Crippen LogP contribution is -2.36. The Morgan fingerprint density at radius 1 is 1.24 bits per heavy atom. The SMILES string of the molecule is Cc1ccccc1C(C)N(CC1CCC(CN)CC1)c1ncc([N+](=O)[O-])c(N)n1. The van der Waals surface area contributed by atoms with Crippen LogP contribution in [-0.2, 0) is 0 Å². The monoisotopic (exact) mass is 398 g/mol. The number of hydrogen-bond donors (Lipinski definition) is 2. The molecule has 1 saturated carbocycles. The minimum absolute atomic E-state index is 0.0179. The van der Waals surface area contributed by atoms with Crippen LogP contribution in [0.25, 0.3) is 0 Å². The molecule has 29 heavy (non-hydrogen) atoms. The average Bonchev–Trinajstić information content (AvgIpc) is 2.72. The van der Waals surface area contributed by atoms with E-state index in [-0.39, 0.29) is 17.5 Å². The summed E-state index contributed by atoms with van der Waals surface area (Å²) in [6.45, 7) is 5.73. The summed E-state index contributed by atoms with van der Waals surface area (Å²) in [6.07, 6.45) is 5.71. The molecule has 0 radical (unpaired) electrons. The molecule has 1 aromatic heterocycles. The maximum atomic E-state index is 11.1. The van der Waals surface area contributed by atoms with Gasteiger partial charge in [0.15, 0.2) is 0 Å². The van der Waals surface area contributed by atoms with Gasteiger partial charge in [-0.3, -0.25) is 10.1 Å². The van der Waals surface area contributed by atoms with Crippen molar-refractivity contribution in [3.05, 3.63) is 51.7 Å². The molecule has 2 aromatic rings. The van der Waals surface area contributed by atoms with Crippen molar-refractivity contribution in [2.75, 3.05) is 23.7 Å². The van der Waals surface area contributed by atoms with Gasteiger partial charge >= 0.3 is 5.69 Å². The molecule has 1 atom stereocenters. The quantitative estimate of drug-likeness (QED) is 0.539. The van der Waals surface area contributed by atoms with Crippen LogP contribution in [0.5, 0.6) is 0 Å². The molecule has 156 valence electrons. The van der Waals surface area contributed by atoms with Crippen LogP contribution in [0.15, 0.2) is 30.5 Å². The molecule has 1 aliphatic carbocycles. The van der Waals surface area contributed by atoms with Gasteiger partial charge in [0.1, 0.15) is 6.20 Å². The number of rotatable bonds is 7. The molecule has 4 N–H and O–H groups in total. The third-order valence-corrected chi connectivity index (χ3v) is 6.10. The summed E-state index contributed by atoms with van der Waals surface area (Å²) >= 11 is 0. The standard InChI is InChI=1S/C21H30N6O2/c1-14-5-3-4-6-18(14)15(2)26(13-17-9-7-16(11-22)8-10-17)21-24-12-19(27(28)29)20(23)25-21/h3-6,12,15-17H,7-11,13,22H2,1-2H3,(H2,23,24,25). The van der Waals surface area contributed by atoms with E-state index in [0.717, 1.165) is 38.8 Å². The van der Waals surface area contributed by atoms with Gasteiger partial charge < -0.3 is 16.4 Å². The van der Waals surface area contributed by atoms with Crippen molar-refractivity contribution in [1.29, 1.82) is 0 Å². The maximum Gasteiger partial charge on any atom is 0.329 e. The zero-order valence-electron chi connectivity index (χ0n) is 17.1. The first-order valence-electron chi connectivity index (χ1n) is 10.2. The zero-order chi connectivity index (χ0) is 21.0. The average molecular weight is 399 g/mol. The third-order valence-electron chi connectivity index (χ3n) is 6.10. The van der Waals surface area contributed by atoms with Crippen LogP contribution in [0.1, 0.15) is 49.8 Å².